The van der Waals surface area contributed by atoms with Gasteiger partial charge in [-0.05, 0) is 30.7 Å². The fraction of sp³-hybridized carbons (Fsp3) is 0.333. The van der Waals surface area contributed by atoms with Crippen LogP contribution in [0.15, 0.2) is 18.2 Å². The minimum Gasteiger partial charge on any atom is -0.358 e. The summed E-state index contributed by atoms with van der Waals surface area (Å²) in [6.07, 6.45) is 0. The summed E-state index contributed by atoms with van der Waals surface area (Å²) in [5, 5.41) is 1.08. The highest BCUT2D eigenvalue weighted by Crippen LogP contribution is 2.26. The first-order chi connectivity index (χ1) is 7.13. The van der Waals surface area contributed by atoms with E-state index in [0.29, 0.717) is 6.54 Å². The number of rotatable bonds is 2. The molecule has 0 spiro atoms. The Hall–Kier alpha value is -1.35. The van der Waals surface area contributed by atoms with Crippen molar-refractivity contribution in [1.82, 2.24) is 4.98 Å². The number of H-pyrrole nitrogens is 1. The average Bonchev–Trinajstić information content (AvgIpc) is 2.54. The van der Waals surface area contributed by atoms with Gasteiger partial charge in [0, 0.05) is 29.1 Å². The Labute approximate surface area is 88.3 Å². The van der Waals surface area contributed by atoms with Gasteiger partial charge >= 0.3 is 0 Å². The van der Waals surface area contributed by atoms with E-state index < -0.39 is 0 Å². The van der Waals surface area contributed by atoms with Crippen molar-refractivity contribution in [1.29, 1.82) is 0 Å². The van der Waals surface area contributed by atoms with Crippen molar-refractivity contribution in [3.63, 3.8) is 0 Å². The fourth-order valence-electron chi connectivity index (χ4n) is 1.94. The molecule has 1 aromatic carbocycles. The second kappa shape index (κ2) is 3.66. The first-order valence-corrected chi connectivity index (χ1v) is 5.11. The predicted octanol–water partition coefficient (Wildman–Crippen LogP) is 2.68. The van der Waals surface area contributed by atoms with Crippen LogP contribution in [0, 0.1) is 12.7 Å². The molecule has 0 saturated carbocycles. The standard InChI is InChI=1S/C12H15FN2/c1-7(6-14)12-8(2)10-4-3-9(13)5-11(10)15-12/h3-5,7,15H,6,14H2,1-2H3. The topological polar surface area (TPSA) is 41.8 Å². The van der Waals surface area contributed by atoms with Gasteiger partial charge in [0.15, 0.2) is 0 Å². The lowest BCUT2D eigenvalue weighted by Gasteiger charge is -2.06. The Balaban J connectivity index is 2.63. The number of benzene rings is 1. The maximum absolute atomic E-state index is 13.0. The molecule has 1 heterocycles. The third-order valence-electron chi connectivity index (χ3n) is 2.91. The van der Waals surface area contributed by atoms with Gasteiger partial charge in [-0.15, -0.1) is 0 Å². The van der Waals surface area contributed by atoms with E-state index in [1.165, 1.54) is 17.7 Å². The summed E-state index contributed by atoms with van der Waals surface area (Å²) in [5.74, 6) is 0.0659. The minimum absolute atomic E-state index is 0.212. The summed E-state index contributed by atoms with van der Waals surface area (Å²) < 4.78 is 13.0. The van der Waals surface area contributed by atoms with Crippen LogP contribution in [0.25, 0.3) is 10.9 Å². The maximum atomic E-state index is 13.0. The summed E-state index contributed by atoms with van der Waals surface area (Å²) >= 11 is 0. The molecular formula is C12H15FN2. The van der Waals surface area contributed by atoms with E-state index in [4.69, 9.17) is 5.73 Å². The molecule has 2 aromatic rings. The van der Waals surface area contributed by atoms with Crippen molar-refractivity contribution < 1.29 is 4.39 Å². The van der Waals surface area contributed by atoms with Crippen LogP contribution in [0.5, 0.6) is 0 Å². The van der Waals surface area contributed by atoms with E-state index in [1.54, 1.807) is 0 Å². The second-order valence-electron chi connectivity index (χ2n) is 3.99. The third-order valence-corrected chi connectivity index (χ3v) is 2.91. The van der Waals surface area contributed by atoms with Crippen LogP contribution in [0.4, 0.5) is 4.39 Å². The van der Waals surface area contributed by atoms with Crippen molar-refractivity contribution in [2.24, 2.45) is 5.73 Å². The van der Waals surface area contributed by atoms with Crippen molar-refractivity contribution in [3.8, 4) is 0 Å². The zero-order chi connectivity index (χ0) is 11.0. The van der Waals surface area contributed by atoms with E-state index in [-0.39, 0.29) is 11.7 Å². The van der Waals surface area contributed by atoms with Crippen LogP contribution < -0.4 is 5.73 Å². The lowest BCUT2D eigenvalue weighted by atomic mass is 10.0. The molecule has 0 bridgehead atoms. The van der Waals surface area contributed by atoms with Crippen molar-refractivity contribution in [2.45, 2.75) is 19.8 Å². The van der Waals surface area contributed by atoms with Gasteiger partial charge in [-0.2, -0.15) is 0 Å². The largest absolute Gasteiger partial charge is 0.358 e. The van der Waals surface area contributed by atoms with Crippen LogP contribution in [-0.2, 0) is 0 Å². The molecule has 0 aliphatic heterocycles. The van der Waals surface area contributed by atoms with Crippen LogP contribution in [0.1, 0.15) is 24.1 Å². The van der Waals surface area contributed by atoms with Crippen molar-refractivity contribution in [3.05, 3.63) is 35.3 Å². The van der Waals surface area contributed by atoms with Crippen molar-refractivity contribution in [2.75, 3.05) is 6.54 Å². The molecule has 1 unspecified atom stereocenters. The first-order valence-electron chi connectivity index (χ1n) is 5.11. The number of hydrogen-bond donors (Lipinski definition) is 2. The Bertz CT molecular complexity index is 488. The highest BCUT2D eigenvalue weighted by molar-refractivity contribution is 5.84. The first kappa shape index (κ1) is 10.2. The van der Waals surface area contributed by atoms with E-state index in [1.807, 2.05) is 13.0 Å². The molecule has 0 saturated heterocycles. The highest BCUT2D eigenvalue weighted by atomic mass is 19.1. The van der Waals surface area contributed by atoms with Crippen LogP contribution in [0.2, 0.25) is 0 Å². The lowest BCUT2D eigenvalue weighted by molar-refractivity contribution is 0.629. The summed E-state index contributed by atoms with van der Waals surface area (Å²) in [6.45, 7) is 4.70. The summed E-state index contributed by atoms with van der Waals surface area (Å²) in [5.41, 5.74) is 8.76. The van der Waals surface area contributed by atoms with Gasteiger partial charge < -0.3 is 10.7 Å². The maximum Gasteiger partial charge on any atom is 0.125 e. The average molecular weight is 206 g/mol. The molecular weight excluding hydrogens is 191 g/mol. The zero-order valence-electron chi connectivity index (χ0n) is 8.97. The van der Waals surface area contributed by atoms with E-state index in [0.717, 1.165) is 16.6 Å². The molecule has 0 aliphatic rings. The molecule has 0 radical (unpaired) electrons. The summed E-state index contributed by atoms with van der Waals surface area (Å²) in [6, 6.07) is 4.82. The van der Waals surface area contributed by atoms with E-state index >= 15 is 0 Å². The van der Waals surface area contributed by atoms with Crippen LogP contribution in [-0.4, -0.2) is 11.5 Å². The van der Waals surface area contributed by atoms with Crippen LogP contribution in [0.3, 0.4) is 0 Å². The molecule has 0 amide bonds. The Morgan fingerprint density at radius 1 is 1.47 bits per heavy atom. The summed E-state index contributed by atoms with van der Waals surface area (Å²) in [7, 11) is 0. The molecule has 2 nitrogen and oxygen atoms in total. The minimum atomic E-state index is -0.212. The van der Waals surface area contributed by atoms with Gasteiger partial charge in [-0.1, -0.05) is 6.92 Å². The number of nitrogens with two attached hydrogens (primary N) is 1. The number of nitrogens with one attached hydrogen (secondary N) is 1. The van der Waals surface area contributed by atoms with Gasteiger partial charge in [-0.3, -0.25) is 0 Å². The van der Waals surface area contributed by atoms with Gasteiger partial charge in [0.05, 0.1) is 0 Å². The van der Waals surface area contributed by atoms with E-state index in [9.17, 15) is 4.39 Å². The number of halogens is 1. The zero-order valence-corrected chi connectivity index (χ0v) is 8.97. The number of aromatic amines is 1. The number of aromatic nitrogens is 1. The molecule has 1 atom stereocenters. The smallest absolute Gasteiger partial charge is 0.125 e. The number of aryl methyl sites for hydroxylation is 1. The summed E-state index contributed by atoms with van der Waals surface area (Å²) in [4.78, 5) is 3.24. The predicted molar refractivity (Wildman–Crippen MR) is 60.5 cm³/mol. The Morgan fingerprint density at radius 2 is 2.20 bits per heavy atom. The Morgan fingerprint density at radius 3 is 2.87 bits per heavy atom. The molecule has 1 aromatic heterocycles. The molecule has 15 heavy (non-hydrogen) atoms. The monoisotopic (exact) mass is 206 g/mol. The SMILES string of the molecule is Cc1c(C(C)CN)[nH]c2cc(F)ccc12. The van der Waals surface area contributed by atoms with Gasteiger partial charge in [0.2, 0.25) is 0 Å². The molecule has 2 rings (SSSR count). The highest BCUT2D eigenvalue weighted by Gasteiger charge is 2.12. The van der Waals surface area contributed by atoms with Gasteiger partial charge in [-0.25, -0.2) is 4.39 Å². The molecule has 80 valence electrons. The Kier molecular flexibility index (Phi) is 2.49. The molecule has 0 fully saturated rings. The molecule has 3 N–H and O–H groups in total. The van der Waals surface area contributed by atoms with E-state index in [2.05, 4.69) is 11.9 Å². The van der Waals surface area contributed by atoms with Crippen molar-refractivity contribution >= 4 is 10.9 Å². The third kappa shape index (κ3) is 1.63. The van der Waals surface area contributed by atoms with Crippen LogP contribution >= 0.6 is 0 Å². The second-order valence-corrected chi connectivity index (χ2v) is 3.99. The fourth-order valence-corrected chi connectivity index (χ4v) is 1.94. The van der Waals surface area contributed by atoms with Gasteiger partial charge in [0.1, 0.15) is 5.82 Å². The number of hydrogen-bond acceptors (Lipinski definition) is 1. The normalized spacial score (nSPS) is 13.3. The lowest BCUT2D eigenvalue weighted by Crippen LogP contribution is -2.10. The molecule has 0 aliphatic carbocycles. The van der Waals surface area contributed by atoms with Gasteiger partial charge in [0.25, 0.3) is 0 Å². The number of fused-ring (bicyclic) bond motifs is 1. The quantitative estimate of drug-likeness (QED) is 0.779. The molecule has 3 heteroatoms.